The SMILES string of the molecule is COCC1CCN(Cc2cccc(N)c2)CC1. The number of anilines is 1. The molecule has 1 fully saturated rings. The molecule has 0 aliphatic carbocycles. The molecule has 1 aliphatic rings. The van der Waals surface area contributed by atoms with E-state index >= 15 is 0 Å². The summed E-state index contributed by atoms with van der Waals surface area (Å²) in [6.45, 7) is 4.27. The van der Waals surface area contributed by atoms with Crippen LogP contribution in [-0.4, -0.2) is 31.7 Å². The van der Waals surface area contributed by atoms with Crippen LogP contribution in [0.3, 0.4) is 0 Å². The predicted octanol–water partition coefficient (Wildman–Crippen LogP) is 2.13. The number of nitrogens with zero attached hydrogens (tertiary/aromatic N) is 1. The van der Waals surface area contributed by atoms with E-state index in [1.807, 2.05) is 12.1 Å². The van der Waals surface area contributed by atoms with Crippen LogP contribution in [0.15, 0.2) is 24.3 Å². The van der Waals surface area contributed by atoms with Crippen LogP contribution in [0.4, 0.5) is 5.69 Å². The van der Waals surface area contributed by atoms with Gasteiger partial charge in [-0.1, -0.05) is 12.1 Å². The van der Waals surface area contributed by atoms with Gasteiger partial charge in [0.15, 0.2) is 0 Å². The van der Waals surface area contributed by atoms with E-state index in [1.165, 1.54) is 31.5 Å². The molecule has 0 saturated carbocycles. The highest BCUT2D eigenvalue weighted by atomic mass is 16.5. The minimum Gasteiger partial charge on any atom is -0.399 e. The quantitative estimate of drug-likeness (QED) is 0.811. The van der Waals surface area contributed by atoms with E-state index in [1.54, 1.807) is 7.11 Å². The molecule has 0 unspecified atom stereocenters. The number of ether oxygens (including phenoxy) is 1. The van der Waals surface area contributed by atoms with E-state index < -0.39 is 0 Å². The third-order valence-electron chi connectivity index (χ3n) is 3.47. The van der Waals surface area contributed by atoms with Crippen molar-refractivity contribution in [3.63, 3.8) is 0 Å². The lowest BCUT2D eigenvalue weighted by Gasteiger charge is -2.31. The number of piperidine rings is 1. The summed E-state index contributed by atoms with van der Waals surface area (Å²) in [5, 5.41) is 0. The monoisotopic (exact) mass is 234 g/mol. The molecule has 0 spiro atoms. The number of nitrogen functional groups attached to an aromatic ring is 1. The molecule has 0 radical (unpaired) electrons. The second kappa shape index (κ2) is 6.03. The molecule has 0 amide bonds. The van der Waals surface area contributed by atoms with Crippen molar-refractivity contribution in [3.05, 3.63) is 29.8 Å². The average Bonchev–Trinajstić information content (AvgIpc) is 2.32. The first kappa shape index (κ1) is 12.4. The van der Waals surface area contributed by atoms with Crippen molar-refractivity contribution in [2.45, 2.75) is 19.4 Å². The summed E-state index contributed by atoms with van der Waals surface area (Å²) in [4.78, 5) is 2.50. The lowest BCUT2D eigenvalue weighted by atomic mass is 9.97. The third-order valence-corrected chi connectivity index (χ3v) is 3.47. The zero-order valence-corrected chi connectivity index (χ0v) is 10.6. The van der Waals surface area contributed by atoms with Crippen LogP contribution < -0.4 is 5.73 Å². The van der Waals surface area contributed by atoms with Crippen LogP contribution >= 0.6 is 0 Å². The van der Waals surface area contributed by atoms with Gasteiger partial charge in [0, 0.05) is 25.9 Å². The molecule has 3 heteroatoms. The van der Waals surface area contributed by atoms with Gasteiger partial charge in [0.1, 0.15) is 0 Å². The molecule has 0 atom stereocenters. The Morgan fingerprint density at radius 2 is 2.12 bits per heavy atom. The second-order valence-electron chi connectivity index (χ2n) is 4.92. The summed E-state index contributed by atoms with van der Waals surface area (Å²) in [6, 6.07) is 8.19. The molecule has 1 aliphatic heterocycles. The summed E-state index contributed by atoms with van der Waals surface area (Å²) < 4.78 is 5.22. The van der Waals surface area contributed by atoms with Crippen molar-refractivity contribution in [1.82, 2.24) is 4.90 Å². The van der Waals surface area contributed by atoms with Gasteiger partial charge in [-0.25, -0.2) is 0 Å². The van der Waals surface area contributed by atoms with Crippen molar-refractivity contribution in [2.75, 3.05) is 32.5 Å². The summed E-state index contributed by atoms with van der Waals surface area (Å²) >= 11 is 0. The molecular formula is C14H22N2O. The predicted molar refractivity (Wildman–Crippen MR) is 70.7 cm³/mol. The fraction of sp³-hybridized carbons (Fsp3) is 0.571. The first-order chi connectivity index (χ1) is 8.28. The topological polar surface area (TPSA) is 38.5 Å². The van der Waals surface area contributed by atoms with Gasteiger partial charge in [-0.2, -0.15) is 0 Å². The van der Waals surface area contributed by atoms with E-state index in [9.17, 15) is 0 Å². The number of hydrogen-bond donors (Lipinski definition) is 1. The standard InChI is InChI=1S/C14H22N2O/c1-17-11-12-5-7-16(8-6-12)10-13-3-2-4-14(15)9-13/h2-4,9,12H,5-8,10-11,15H2,1H3. The Labute approximate surface area is 104 Å². The van der Waals surface area contributed by atoms with Crippen molar-refractivity contribution in [2.24, 2.45) is 5.92 Å². The number of rotatable bonds is 4. The smallest absolute Gasteiger partial charge is 0.0491 e. The van der Waals surface area contributed by atoms with Gasteiger partial charge in [-0.3, -0.25) is 4.90 Å². The number of methoxy groups -OCH3 is 1. The first-order valence-electron chi connectivity index (χ1n) is 6.33. The largest absolute Gasteiger partial charge is 0.399 e. The fourth-order valence-electron chi connectivity index (χ4n) is 2.50. The number of nitrogens with two attached hydrogens (primary N) is 1. The number of likely N-dealkylation sites (tertiary alicyclic amines) is 1. The molecule has 1 aromatic rings. The van der Waals surface area contributed by atoms with E-state index in [0.29, 0.717) is 0 Å². The van der Waals surface area contributed by atoms with Crippen LogP contribution in [0.25, 0.3) is 0 Å². The lowest BCUT2D eigenvalue weighted by molar-refractivity contribution is 0.0968. The molecule has 1 saturated heterocycles. The van der Waals surface area contributed by atoms with Crippen molar-refractivity contribution >= 4 is 5.69 Å². The molecular weight excluding hydrogens is 212 g/mol. The maximum absolute atomic E-state index is 5.79. The normalized spacial score (nSPS) is 18.4. The summed E-state index contributed by atoms with van der Waals surface area (Å²) in [5.74, 6) is 0.747. The minimum atomic E-state index is 0.747. The fourth-order valence-corrected chi connectivity index (χ4v) is 2.50. The van der Waals surface area contributed by atoms with Gasteiger partial charge in [-0.15, -0.1) is 0 Å². The molecule has 1 aromatic carbocycles. The minimum absolute atomic E-state index is 0.747. The Hall–Kier alpha value is -1.06. The van der Waals surface area contributed by atoms with Crippen molar-refractivity contribution < 1.29 is 4.74 Å². The molecule has 0 bridgehead atoms. The molecule has 0 aromatic heterocycles. The van der Waals surface area contributed by atoms with Crippen LogP contribution in [0.5, 0.6) is 0 Å². The van der Waals surface area contributed by atoms with Crippen LogP contribution in [0.2, 0.25) is 0 Å². The lowest BCUT2D eigenvalue weighted by Crippen LogP contribution is -2.34. The van der Waals surface area contributed by atoms with Gasteiger partial charge in [0.2, 0.25) is 0 Å². The van der Waals surface area contributed by atoms with E-state index in [4.69, 9.17) is 10.5 Å². The van der Waals surface area contributed by atoms with Gasteiger partial charge in [0.25, 0.3) is 0 Å². The highest BCUT2D eigenvalue weighted by Crippen LogP contribution is 2.19. The van der Waals surface area contributed by atoms with Crippen molar-refractivity contribution in [1.29, 1.82) is 0 Å². The molecule has 3 nitrogen and oxygen atoms in total. The van der Waals surface area contributed by atoms with Gasteiger partial charge in [-0.05, 0) is 49.5 Å². The van der Waals surface area contributed by atoms with Gasteiger partial charge < -0.3 is 10.5 Å². The Morgan fingerprint density at radius 1 is 1.35 bits per heavy atom. The van der Waals surface area contributed by atoms with Crippen molar-refractivity contribution in [3.8, 4) is 0 Å². The summed E-state index contributed by atoms with van der Waals surface area (Å²) in [7, 11) is 1.79. The highest BCUT2D eigenvalue weighted by Gasteiger charge is 2.18. The first-order valence-corrected chi connectivity index (χ1v) is 6.33. The molecule has 17 heavy (non-hydrogen) atoms. The number of hydrogen-bond acceptors (Lipinski definition) is 3. The van der Waals surface area contributed by atoms with Gasteiger partial charge >= 0.3 is 0 Å². The molecule has 1 heterocycles. The van der Waals surface area contributed by atoms with Crippen LogP contribution in [-0.2, 0) is 11.3 Å². The second-order valence-corrected chi connectivity index (χ2v) is 4.92. The van der Waals surface area contributed by atoms with E-state index in [0.717, 1.165) is 24.8 Å². The zero-order chi connectivity index (χ0) is 12.1. The molecule has 2 N–H and O–H groups in total. The Bertz CT molecular complexity index is 346. The average molecular weight is 234 g/mol. The highest BCUT2D eigenvalue weighted by molar-refractivity contribution is 5.40. The third kappa shape index (κ3) is 3.72. The summed E-state index contributed by atoms with van der Waals surface area (Å²) in [6.07, 6.45) is 2.49. The van der Waals surface area contributed by atoms with Crippen LogP contribution in [0, 0.1) is 5.92 Å². The van der Waals surface area contributed by atoms with Crippen LogP contribution in [0.1, 0.15) is 18.4 Å². The Kier molecular flexibility index (Phi) is 4.40. The van der Waals surface area contributed by atoms with E-state index in [2.05, 4.69) is 17.0 Å². The molecule has 2 rings (SSSR count). The Morgan fingerprint density at radius 3 is 2.76 bits per heavy atom. The molecule has 94 valence electrons. The van der Waals surface area contributed by atoms with E-state index in [-0.39, 0.29) is 0 Å². The maximum Gasteiger partial charge on any atom is 0.0491 e. The summed E-state index contributed by atoms with van der Waals surface area (Å²) in [5.41, 5.74) is 7.96. The zero-order valence-electron chi connectivity index (χ0n) is 10.6. The maximum atomic E-state index is 5.79. The number of benzene rings is 1. The van der Waals surface area contributed by atoms with Gasteiger partial charge in [0.05, 0.1) is 0 Å². The Balaban J connectivity index is 1.82.